The van der Waals surface area contributed by atoms with Gasteiger partial charge in [0.1, 0.15) is 0 Å². The predicted octanol–water partition coefficient (Wildman–Crippen LogP) is 2.02. The van der Waals surface area contributed by atoms with Crippen molar-refractivity contribution < 1.29 is 9.53 Å². The zero-order valence-electron chi connectivity index (χ0n) is 12.7. The van der Waals surface area contributed by atoms with Crippen LogP contribution in [-0.2, 0) is 4.74 Å². The lowest BCUT2D eigenvalue weighted by Crippen LogP contribution is -2.27. The number of nitrogens with zero attached hydrogens (tertiary/aromatic N) is 1. The molecular formula is C16H18N4O2S. The second kappa shape index (κ2) is 8.00. The molecule has 23 heavy (non-hydrogen) atoms. The fourth-order valence-electron chi connectivity index (χ4n) is 1.85. The Bertz CT molecular complexity index is 707. The first-order valence-electron chi connectivity index (χ1n) is 6.89. The van der Waals surface area contributed by atoms with Crippen molar-refractivity contribution in [2.75, 3.05) is 19.0 Å². The van der Waals surface area contributed by atoms with Crippen molar-refractivity contribution in [1.29, 1.82) is 0 Å². The van der Waals surface area contributed by atoms with Crippen molar-refractivity contribution in [1.82, 2.24) is 9.88 Å². The Morgan fingerprint density at radius 1 is 1.35 bits per heavy atom. The van der Waals surface area contributed by atoms with Crippen molar-refractivity contribution in [3.8, 4) is 5.69 Å². The SMILES string of the molecule is COC(=S)NC/C(N)=C/Nc1ccc(-n2ccc(C=O)c2)cc1. The molecule has 0 spiro atoms. The van der Waals surface area contributed by atoms with Crippen molar-refractivity contribution >= 4 is 29.4 Å². The highest BCUT2D eigenvalue weighted by molar-refractivity contribution is 7.80. The van der Waals surface area contributed by atoms with Crippen molar-refractivity contribution in [3.05, 3.63) is 60.2 Å². The van der Waals surface area contributed by atoms with Crippen LogP contribution in [0, 0.1) is 0 Å². The number of benzene rings is 1. The first-order valence-corrected chi connectivity index (χ1v) is 7.29. The lowest BCUT2D eigenvalue weighted by molar-refractivity contribution is 0.112. The van der Waals surface area contributed by atoms with Gasteiger partial charge in [-0.1, -0.05) is 0 Å². The molecule has 7 heteroatoms. The third kappa shape index (κ3) is 4.86. The molecule has 1 heterocycles. The van der Waals surface area contributed by atoms with Gasteiger partial charge in [0.15, 0.2) is 6.29 Å². The number of thiocarbonyl (C=S) groups is 1. The van der Waals surface area contributed by atoms with Crippen LogP contribution in [-0.4, -0.2) is 29.7 Å². The number of anilines is 1. The van der Waals surface area contributed by atoms with E-state index in [1.54, 1.807) is 18.5 Å². The van der Waals surface area contributed by atoms with Crippen molar-refractivity contribution in [2.24, 2.45) is 5.73 Å². The van der Waals surface area contributed by atoms with Crippen LogP contribution >= 0.6 is 12.2 Å². The van der Waals surface area contributed by atoms with Crippen LogP contribution in [0.15, 0.2) is 54.6 Å². The molecule has 0 fully saturated rings. The van der Waals surface area contributed by atoms with Crippen LogP contribution in [0.1, 0.15) is 10.4 Å². The van der Waals surface area contributed by atoms with E-state index in [-0.39, 0.29) is 0 Å². The molecule has 0 atom stereocenters. The maximum atomic E-state index is 10.7. The monoisotopic (exact) mass is 330 g/mol. The molecule has 1 aromatic carbocycles. The van der Waals surface area contributed by atoms with Gasteiger partial charge in [-0.25, -0.2) is 0 Å². The van der Waals surface area contributed by atoms with E-state index < -0.39 is 0 Å². The van der Waals surface area contributed by atoms with Crippen LogP contribution in [0.3, 0.4) is 0 Å². The van der Waals surface area contributed by atoms with Gasteiger partial charge in [-0.05, 0) is 42.5 Å². The first kappa shape index (κ1) is 16.6. The molecule has 0 radical (unpaired) electrons. The van der Waals surface area contributed by atoms with Crippen LogP contribution < -0.4 is 16.4 Å². The number of rotatable bonds is 6. The Labute approximate surface area is 139 Å². The highest BCUT2D eigenvalue weighted by Crippen LogP contribution is 2.14. The summed E-state index contributed by atoms with van der Waals surface area (Å²) in [5, 5.41) is 6.25. The number of hydrogen-bond donors (Lipinski definition) is 3. The van der Waals surface area contributed by atoms with Gasteiger partial charge in [-0.15, -0.1) is 0 Å². The highest BCUT2D eigenvalue weighted by Gasteiger charge is 1.99. The van der Waals surface area contributed by atoms with Gasteiger partial charge >= 0.3 is 0 Å². The second-order valence-electron chi connectivity index (χ2n) is 4.73. The molecule has 6 nitrogen and oxygen atoms in total. The molecule has 0 aliphatic carbocycles. The summed E-state index contributed by atoms with van der Waals surface area (Å²) in [5.74, 6) is 0. The molecule has 4 N–H and O–H groups in total. The van der Waals surface area contributed by atoms with Gasteiger partial charge < -0.3 is 25.7 Å². The Hall–Kier alpha value is -2.80. The van der Waals surface area contributed by atoms with Crippen LogP contribution in [0.25, 0.3) is 5.69 Å². The predicted molar refractivity (Wildman–Crippen MR) is 94.7 cm³/mol. The van der Waals surface area contributed by atoms with E-state index in [4.69, 9.17) is 22.7 Å². The lowest BCUT2D eigenvalue weighted by Gasteiger charge is -2.08. The van der Waals surface area contributed by atoms with E-state index in [9.17, 15) is 4.79 Å². The number of nitrogens with two attached hydrogens (primary N) is 1. The molecule has 120 valence electrons. The molecule has 0 aliphatic rings. The number of aldehydes is 1. The normalized spacial score (nSPS) is 10.9. The van der Waals surface area contributed by atoms with E-state index in [0.717, 1.165) is 17.7 Å². The highest BCUT2D eigenvalue weighted by atomic mass is 32.1. The average Bonchev–Trinajstić information content (AvgIpc) is 3.07. The van der Waals surface area contributed by atoms with Crippen molar-refractivity contribution in [3.63, 3.8) is 0 Å². The molecule has 1 aromatic heterocycles. The average molecular weight is 330 g/mol. The molecule has 0 saturated heterocycles. The van der Waals surface area contributed by atoms with E-state index in [1.165, 1.54) is 7.11 Å². The van der Waals surface area contributed by atoms with Gasteiger partial charge in [-0.2, -0.15) is 0 Å². The van der Waals surface area contributed by atoms with E-state index in [0.29, 0.717) is 23.0 Å². The molecule has 0 bridgehead atoms. The fourth-order valence-corrected chi connectivity index (χ4v) is 1.92. The lowest BCUT2D eigenvalue weighted by atomic mass is 10.3. The third-order valence-electron chi connectivity index (χ3n) is 3.06. The molecule has 0 aliphatic heterocycles. The van der Waals surface area contributed by atoms with Crippen LogP contribution in [0.4, 0.5) is 5.69 Å². The summed E-state index contributed by atoms with van der Waals surface area (Å²) >= 11 is 4.86. The van der Waals surface area contributed by atoms with Gasteiger partial charge in [0.2, 0.25) is 0 Å². The Balaban J connectivity index is 1.94. The number of aromatic nitrogens is 1. The molecule has 0 saturated carbocycles. The largest absolute Gasteiger partial charge is 0.474 e. The third-order valence-corrected chi connectivity index (χ3v) is 3.37. The summed E-state index contributed by atoms with van der Waals surface area (Å²) < 4.78 is 6.70. The molecular weight excluding hydrogens is 312 g/mol. The molecule has 2 rings (SSSR count). The van der Waals surface area contributed by atoms with Gasteiger partial charge in [0.05, 0.1) is 13.7 Å². The minimum atomic E-state index is 0.298. The summed E-state index contributed by atoms with van der Waals surface area (Å²) in [6.45, 7) is 0.398. The number of carbonyl (C=O) groups excluding carboxylic acids is 1. The first-order chi connectivity index (χ1) is 11.1. The molecule has 0 unspecified atom stereocenters. The maximum absolute atomic E-state index is 10.7. The minimum Gasteiger partial charge on any atom is -0.474 e. The number of ether oxygens (including phenoxy) is 1. The van der Waals surface area contributed by atoms with Gasteiger partial charge in [0.25, 0.3) is 5.17 Å². The number of nitrogens with one attached hydrogen (secondary N) is 2. The minimum absolute atomic E-state index is 0.298. The fraction of sp³-hybridized carbons (Fsp3) is 0.125. The molecule has 2 aromatic rings. The summed E-state index contributed by atoms with van der Waals surface area (Å²) in [7, 11) is 1.50. The Morgan fingerprint density at radius 3 is 2.70 bits per heavy atom. The second-order valence-corrected chi connectivity index (χ2v) is 5.10. The van der Waals surface area contributed by atoms with E-state index in [2.05, 4.69) is 10.6 Å². The summed E-state index contributed by atoms with van der Waals surface area (Å²) in [6.07, 6.45) is 6.13. The quantitative estimate of drug-likeness (QED) is 0.555. The smallest absolute Gasteiger partial charge is 0.256 e. The van der Waals surface area contributed by atoms with Crippen LogP contribution in [0.5, 0.6) is 0 Å². The number of carbonyl (C=O) groups is 1. The Morgan fingerprint density at radius 2 is 2.09 bits per heavy atom. The zero-order valence-corrected chi connectivity index (χ0v) is 13.5. The van der Waals surface area contributed by atoms with E-state index in [1.807, 2.05) is 35.0 Å². The van der Waals surface area contributed by atoms with Gasteiger partial charge in [-0.3, -0.25) is 4.79 Å². The van der Waals surface area contributed by atoms with Gasteiger partial charge in [0, 0.05) is 41.2 Å². The number of hydrogen-bond acceptors (Lipinski definition) is 5. The Kier molecular flexibility index (Phi) is 5.76. The topological polar surface area (TPSA) is 81.3 Å². The number of methoxy groups -OCH3 is 1. The maximum Gasteiger partial charge on any atom is 0.256 e. The summed E-state index contributed by atoms with van der Waals surface area (Å²) in [4.78, 5) is 10.7. The van der Waals surface area contributed by atoms with Crippen LogP contribution in [0.2, 0.25) is 0 Å². The standard InChI is InChI=1S/C16H18N4O2S/c1-22-16(23)19-9-13(17)8-18-14-2-4-15(5-3-14)20-7-6-12(10-20)11-21/h2-8,10-11,18H,9,17H2,1H3,(H,19,23)/b13-8-. The molecule has 0 amide bonds. The summed E-state index contributed by atoms with van der Waals surface area (Å²) in [6, 6.07) is 9.50. The van der Waals surface area contributed by atoms with Crippen molar-refractivity contribution in [2.45, 2.75) is 0 Å². The summed E-state index contributed by atoms with van der Waals surface area (Å²) in [5.41, 5.74) is 8.94. The zero-order chi connectivity index (χ0) is 16.7. The van der Waals surface area contributed by atoms with E-state index >= 15 is 0 Å².